The summed E-state index contributed by atoms with van der Waals surface area (Å²) in [7, 11) is 0. The fraction of sp³-hybridized carbons (Fsp3) is 0.133. The van der Waals surface area contributed by atoms with Gasteiger partial charge < -0.3 is 10.6 Å². The van der Waals surface area contributed by atoms with E-state index in [1.807, 2.05) is 30.3 Å². The second-order valence-corrected chi connectivity index (χ2v) is 5.20. The van der Waals surface area contributed by atoms with Gasteiger partial charge in [-0.25, -0.2) is 4.98 Å². The van der Waals surface area contributed by atoms with Gasteiger partial charge >= 0.3 is 0 Å². The predicted molar refractivity (Wildman–Crippen MR) is 85.8 cm³/mol. The van der Waals surface area contributed by atoms with Crippen molar-refractivity contribution in [3.05, 3.63) is 58.3 Å². The summed E-state index contributed by atoms with van der Waals surface area (Å²) in [5.41, 5.74) is 1.27. The highest BCUT2D eigenvalue weighted by Crippen LogP contribution is 2.21. The van der Waals surface area contributed by atoms with Gasteiger partial charge in [0.1, 0.15) is 11.6 Å². The first kappa shape index (κ1) is 16.3. The van der Waals surface area contributed by atoms with Crippen LogP contribution < -0.4 is 10.6 Å². The summed E-state index contributed by atoms with van der Waals surface area (Å²) in [5.74, 6) is -0.851. The van der Waals surface area contributed by atoms with Crippen molar-refractivity contribution in [2.45, 2.75) is 13.0 Å². The highest BCUT2D eigenvalue weighted by atomic mass is 35.5. The number of hydrogen-bond donors (Lipinski definition) is 2. The van der Waals surface area contributed by atoms with Gasteiger partial charge in [-0.1, -0.05) is 53.5 Å². The molecule has 1 aromatic carbocycles. The Balaban J connectivity index is 1.82. The van der Waals surface area contributed by atoms with E-state index in [4.69, 9.17) is 23.2 Å². The van der Waals surface area contributed by atoms with Gasteiger partial charge in [0, 0.05) is 6.54 Å². The van der Waals surface area contributed by atoms with E-state index < -0.39 is 5.91 Å². The molecule has 1 aromatic heterocycles. The standard InChI is InChI=1S/C15H13Cl2N3O2/c16-12-7-6-11(15(17)20-12)19-14(22)8-13(21)18-9-10-4-2-1-3-5-10/h1-7H,8-9H2,(H,18,21)(H,19,22). The maximum atomic E-state index is 11.8. The second-order valence-electron chi connectivity index (χ2n) is 4.46. The van der Waals surface area contributed by atoms with Crippen LogP contribution in [0.1, 0.15) is 12.0 Å². The largest absolute Gasteiger partial charge is 0.352 e. The van der Waals surface area contributed by atoms with E-state index in [9.17, 15) is 9.59 Å². The summed E-state index contributed by atoms with van der Waals surface area (Å²) in [4.78, 5) is 27.3. The molecule has 0 saturated heterocycles. The SMILES string of the molecule is O=C(CC(=O)Nc1ccc(Cl)nc1Cl)NCc1ccccc1. The van der Waals surface area contributed by atoms with Crippen molar-refractivity contribution in [1.82, 2.24) is 10.3 Å². The number of aromatic nitrogens is 1. The number of nitrogens with zero attached hydrogens (tertiary/aromatic N) is 1. The predicted octanol–water partition coefficient (Wildman–Crippen LogP) is 3.03. The Morgan fingerprint density at radius 3 is 2.41 bits per heavy atom. The van der Waals surface area contributed by atoms with E-state index in [0.717, 1.165) is 5.56 Å². The fourth-order valence-corrected chi connectivity index (χ4v) is 2.10. The summed E-state index contributed by atoms with van der Waals surface area (Å²) in [6, 6.07) is 12.4. The van der Waals surface area contributed by atoms with E-state index in [1.54, 1.807) is 0 Å². The Bertz CT molecular complexity index is 678. The minimum atomic E-state index is -0.475. The zero-order chi connectivity index (χ0) is 15.9. The number of nitrogens with one attached hydrogen (secondary N) is 2. The van der Waals surface area contributed by atoms with Crippen LogP contribution in [0.25, 0.3) is 0 Å². The van der Waals surface area contributed by atoms with Gasteiger partial charge in [-0.15, -0.1) is 0 Å². The molecule has 1 heterocycles. The number of benzene rings is 1. The van der Waals surface area contributed by atoms with Gasteiger partial charge in [0.15, 0.2) is 5.15 Å². The first-order chi connectivity index (χ1) is 10.5. The summed E-state index contributed by atoms with van der Waals surface area (Å²) in [5, 5.41) is 5.48. The van der Waals surface area contributed by atoms with E-state index >= 15 is 0 Å². The number of halogens is 2. The molecule has 22 heavy (non-hydrogen) atoms. The molecule has 0 aliphatic rings. The maximum absolute atomic E-state index is 11.8. The number of hydrogen-bond acceptors (Lipinski definition) is 3. The molecular weight excluding hydrogens is 325 g/mol. The van der Waals surface area contributed by atoms with E-state index in [-0.39, 0.29) is 22.6 Å². The van der Waals surface area contributed by atoms with Crippen molar-refractivity contribution in [2.24, 2.45) is 0 Å². The van der Waals surface area contributed by atoms with Gasteiger partial charge in [-0.3, -0.25) is 9.59 Å². The minimum Gasteiger partial charge on any atom is -0.352 e. The molecule has 0 aliphatic carbocycles. The van der Waals surface area contributed by atoms with Crippen LogP contribution in [0.3, 0.4) is 0 Å². The number of carbonyl (C=O) groups is 2. The van der Waals surface area contributed by atoms with Crippen LogP contribution in [-0.4, -0.2) is 16.8 Å². The van der Waals surface area contributed by atoms with Crippen LogP contribution in [0.4, 0.5) is 5.69 Å². The van der Waals surface area contributed by atoms with Crippen LogP contribution in [-0.2, 0) is 16.1 Å². The fourth-order valence-electron chi connectivity index (χ4n) is 1.70. The Kier molecular flexibility index (Phi) is 5.75. The van der Waals surface area contributed by atoms with E-state index in [1.165, 1.54) is 12.1 Å². The first-order valence-corrected chi connectivity index (χ1v) is 7.22. The van der Waals surface area contributed by atoms with Crippen molar-refractivity contribution in [2.75, 3.05) is 5.32 Å². The Morgan fingerprint density at radius 2 is 1.73 bits per heavy atom. The molecular formula is C15H13Cl2N3O2. The third-order valence-electron chi connectivity index (χ3n) is 2.74. The summed E-state index contributed by atoms with van der Waals surface area (Å²) in [6.07, 6.45) is -0.300. The molecule has 0 radical (unpaired) electrons. The van der Waals surface area contributed by atoms with Crippen molar-refractivity contribution in [3.63, 3.8) is 0 Å². The molecule has 2 amide bonds. The third kappa shape index (κ3) is 5.02. The minimum absolute atomic E-state index is 0.0746. The summed E-state index contributed by atoms with van der Waals surface area (Å²) < 4.78 is 0. The van der Waals surface area contributed by atoms with E-state index in [2.05, 4.69) is 15.6 Å². The highest BCUT2D eigenvalue weighted by molar-refractivity contribution is 6.34. The number of amides is 2. The molecule has 2 rings (SSSR count). The lowest BCUT2D eigenvalue weighted by Gasteiger charge is -2.08. The number of pyridine rings is 1. The molecule has 5 nitrogen and oxygen atoms in total. The molecule has 0 fully saturated rings. The lowest BCUT2D eigenvalue weighted by molar-refractivity contribution is -0.126. The topological polar surface area (TPSA) is 71.1 Å². The quantitative estimate of drug-likeness (QED) is 0.650. The molecule has 114 valence electrons. The summed E-state index contributed by atoms with van der Waals surface area (Å²) >= 11 is 11.5. The van der Waals surface area contributed by atoms with Crippen molar-refractivity contribution in [1.29, 1.82) is 0 Å². The second kappa shape index (κ2) is 7.77. The molecule has 0 unspecified atom stereocenters. The monoisotopic (exact) mass is 337 g/mol. The van der Waals surface area contributed by atoms with Gasteiger partial charge in [0.25, 0.3) is 0 Å². The molecule has 2 N–H and O–H groups in total. The Labute approximate surface area is 137 Å². The highest BCUT2D eigenvalue weighted by Gasteiger charge is 2.11. The van der Waals surface area contributed by atoms with Gasteiger partial charge in [0.2, 0.25) is 11.8 Å². The molecule has 0 bridgehead atoms. The number of carbonyl (C=O) groups excluding carboxylic acids is 2. The van der Waals surface area contributed by atoms with Crippen LogP contribution in [0.15, 0.2) is 42.5 Å². The van der Waals surface area contributed by atoms with E-state index in [0.29, 0.717) is 12.2 Å². The Morgan fingerprint density at radius 1 is 1.00 bits per heavy atom. The van der Waals surface area contributed by atoms with Gasteiger partial charge in [-0.2, -0.15) is 0 Å². The van der Waals surface area contributed by atoms with Crippen molar-refractivity contribution in [3.8, 4) is 0 Å². The van der Waals surface area contributed by atoms with Crippen molar-refractivity contribution < 1.29 is 9.59 Å². The number of anilines is 1. The zero-order valence-corrected chi connectivity index (χ0v) is 13.0. The van der Waals surface area contributed by atoms with Crippen LogP contribution in [0.5, 0.6) is 0 Å². The normalized spacial score (nSPS) is 10.1. The van der Waals surface area contributed by atoms with Crippen molar-refractivity contribution >= 4 is 40.7 Å². The zero-order valence-electron chi connectivity index (χ0n) is 11.5. The molecule has 0 spiro atoms. The van der Waals surface area contributed by atoms with Crippen LogP contribution in [0, 0.1) is 0 Å². The lowest BCUT2D eigenvalue weighted by Crippen LogP contribution is -2.27. The first-order valence-electron chi connectivity index (χ1n) is 6.47. The lowest BCUT2D eigenvalue weighted by atomic mass is 10.2. The maximum Gasteiger partial charge on any atom is 0.233 e. The van der Waals surface area contributed by atoms with Gasteiger partial charge in [-0.05, 0) is 17.7 Å². The number of rotatable bonds is 5. The third-order valence-corrected chi connectivity index (χ3v) is 3.24. The van der Waals surface area contributed by atoms with Gasteiger partial charge in [0.05, 0.1) is 5.69 Å². The Hall–Kier alpha value is -2.11. The molecule has 0 atom stereocenters. The average Bonchev–Trinajstić information content (AvgIpc) is 2.49. The van der Waals surface area contributed by atoms with Crippen LogP contribution >= 0.6 is 23.2 Å². The molecule has 0 aliphatic heterocycles. The molecule has 2 aromatic rings. The summed E-state index contributed by atoms with van der Waals surface area (Å²) in [6.45, 7) is 0.371. The van der Waals surface area contributed by atoms with Crippen LogP contribution in [0.2, 0.25) is 10.3 Å². The smallest absolute Gasteiger partial charge is 0.233 e. The molecule has 0 saturated carbocycles. The molecule has 7 heteroatoms. The average molecular weight is 338 g/mol.